The van der Waals surface area contributed by atoms with Crippen LogP contribution in [0.3, 0.4) is 0 Å². The summed E-state index contributed by atoms with van der Waals surface area (Å²) in [6.07, 6.45) is 0.472. The Morgan fingerprint density at radius 2 is 2.21 bits per heavy atom. The van der Waals surface area contributed by atoms with Crippen molar-refractivity contribution in [2.24, 2.45) is 0 Å². The molecule has 1 rings (SSSR count). The summed E-state index contributed by atoms with van der Waals surface area (Å²) in [4.78, 5) is 11.2. The third kappa shape index (κ3) is 2.23. The fourth-order valence-corrected chi connectivity index (χ4v) is 0.951. The molecule has 0 spiro atoms. The van der Waals surface area contributed by atoms with Gasteiger partial charge >= 0.3 is 5.97 Å². The van der Waals surface area contributed by atoms with Crippen molar-refractivity contribution in [1.29, 1.82) is 0 Å². The van der Waals surface area contributed by atoms with Crippen LogP contribution in [0, 0.1) is 0 Å². The molecule has 6 nitrogen and oxygen atoms in total. The minimum absolute atomic E-state index is 0. The predicted molar refractivity (Wildman–Crippen MR) is 47.3 cm³/mol. The van der Waals surface area contributed by atoms with Gasteiger partial charge in [0.1, 0.15) is 5.56 Å². The molecule has 6 heteroatoms. The van der Waals surface area contributed by atoms with Crippen LogP contribution in [0.2, 0.25) is 0 Å². The van der Waals surface area contributed by atoms with E-state index in [1.165, 1.54) is 0 Å². The average molecular weight is 202 g/mol. The van der Waals surface area contributed by atoms with Gasteiger partial charge in [-0.1, -0.05) is 6.92 Å². The van der Waals surface area contributed by atoms with E-state index in [-0.39, 0.29) is 18.3 Å². The molecule has 1 heterocycles. The lowest BCUT2D eigenvalue weighted by atomic mass is 10.2. The highest BCUT2D eigenvalue weighted by Crippen LogP contribution is 2.19. The summed E-state index contributed by atoms with van der Waals surface area (Å²) >= 11 is 0. The Morgan fingerprint density at radius 3 is 2.71 bits per heavy atom. The van der Waals surface area contributed by atoms with E-state index in [0.717, 1.165) is 0 Å². The normalized spacial score (nSPS) is 9.29. The van der Waals surface area contributed by atoms with Gasteiger partial charge in [0, 0.05) is 0 Å². The molecule has 0 amide bonds. The summed E-state index contributed by atoms with van der Waals surface area (Å²) in [7, 11) is 0. The molecular weight excluding hydrogens is 188 g/mol. The molecule has 0 aliphatic heterocycles. The number of rotatable bonds is 3. The highest BCUT2D eigenvalue weighted by Gasteiger charge is 2.15. The molecule has 1 aromatic heterocycles. The van der Waals surface area contributed by atoms with Crippen LogP contribution in [0.25, 0.3) is 0 Å². The lowest BCUT2D eigenvalue weighted by molar-refractivity contribution is -0.297. The first-order chi connectivity index (χ1) is 6.20. The number of aryl methyl sites for hydroxylation is 1. The SMILES string of the molecule is CCOC(=O)c1c(CC)noc1[O-].[NH4+]. The summed E-state index contributed by atoms with van der Waals surface area (Å²) < 4.78 is 9.02. The van der Waals surface area contributed by atoms with Crippen LogP contribution >= 0.6 is 0 Å². The van der Waals surface area contributed by atoms with E-state index < -0.39 is 11.9 Å². The second-order valence-corrected chi connectivity index (χ2v) is 2.37. The van der Waals surface area contributed by atoms with E-state index in [2.05, 4.69) is 14.4 Å². The number of hydrogen-bond acceptors (Lipinski definition) is 5. The molecular formula is C8H14N2O4. The van der Waals surface area contributed by atoms with Crippen molar-refractivity contribution in [2.45, 2.75) is 20.3 Å². The van der Waals surface area contributed by atoms with Gasteiger partial charge in [0.05, 0.1) is 18.2 Å². The van der Waals surface area contributed by atoms with Crippen LogP contribution in [0.15, 0.2) is 4.52 Å². The second kappa shape index (κ2) is 5.23. The van der Waals surface area contributed by atoms with Gasteiger partial charge in [-0.05, 0) is 13.3 Å². The van der Waals surface area contributed by atoms with Crippen LogP contribution in [-0.2, 0) is 11.2 Å². The zero-order valence-electron chi connectivity index (χ0n) is 8.49. The Morgan fingerprint density at radius 1 is 1.57 bits per heavy atom. The zero-order valence-corrected chi connectivity index (χ0v) is 8.49. The van der Waals surface area contributed by atoms with Gasteiger partial charge in [-0.15, -0.1) is 0 Å². The minimum atomic E-state index is -0.727. The summed E-state index contributed by atoms with van der Waals surface area (Å²) in [5, 5.41) is 14.4. The highest BCUT2D eigenvalue weighted by atomic mass is 16.6. The third-order valence-electron chi connectivity index (χ3n) is 1.55. The van der Waals surface area contributed by atoms with Gasteiger partial charge < -0.3 is 20.5 Å². The van der Waals surface area contributed by atoms with Crippen LogP contribution in [0.4, 0.5) is 0 Å². The Bertz CT molecular complexity index is 308. The van der Waals surface area contributed by atoms with E-state index in [1.54, 1.807) is 13.8 Å². The van der Waals surface area contributed by atoms with Crippen LogP contribution in [0.1, 0.15) is 29.9 Å². The molecule has 0 aromatic carbocycles. The first-order valence-electron chi connectivity index (χ1n) is 4.03. The zero-order chi connectivity index (χ0) is 9.84. The molecule has 0 aliphatic carbocycles. The minimum Gasteiger partial charge on any atom is -0.543 e. The van der Waals surface area contributed by atoms with Gasteiger partial charge in [-0.3, -0.25) is 0 Å². The van der Waals surface area contributed by atoms with Crippen LogP contribution in [0.5, 0.6) is 5.95 Å². The largest absolute Gasteiger partial charge is 0.543 e. The number of aromatic nitrogens is 1. The number of carbonyl (C=O) groups is 1. The van der Waals surface area contributed by atoms with Crippen molar-refractivity contribution in [2.75, 3.05) is 6.61 Å². The maximum atomic E-state index is 11.2. The number of hydrogen-bond donors (Lipinski definition) is 1. The smallest absolute Gasteiger partial charge is 0.341 e. The van der Waals surface area contributed by atoms with Gasteiger partial charge in [0.15, 0.2) is 0 Å². The van der Waals surface area contributed by atoms with E-state index in [9.17, 15) is 9.90 Å². The number of nitrogens with zero attached hydrogens (tertiary/aromatic N) is 1. The number of carbonyl (C=O) groups excluding carboxylic acids is 1. The molecule has 0 radical (unpaired) electrons. The topological polar surface area (TPSA) is 112 Å². The molecule has 0 fully saturated rings. The van der Waals surface area contributed by atoms with E-state index in [4.69, 9.17) is 0 Å². The van der Waals surface area contributed by atoms with Crippen LogP contribution in [-0.4, -0.2) is 17.7 Å². The van der Waals surface area contributed by atoms with E-state index in [1.807, 2.05) is 0 Å². The molecule has 0 saturated carbocycles. The quantitative estimate of drug-likeness (QED) is 0.730. The molecule has 0 bridgehead atoms. The summed E-state index contributed by atoms with van der Waals surface area (Å²) in [6, 6.07) is 0. The van der Waals surface area contributed by atoms with Gasteiger partial charge in [-0.25, -0.2) is 4.79 Å². The lowest BCUT2D eigenvalue weighted by Crippen LogP contribution is -2.09. The Hall–Kier alpha value is -1.56. The highest BCUT2D eigenvalue weighted by molar-refractivity contribution is 5.92. The maximum absolute atomic E-state index is 11.2. The van der Waals surface area contributed by atoms with Gasteiger partial charge in [0.2, 0.25) is 0 Å². The maximum Gasteiger partial charge on any atom is 0.341 e. The van der Waals surface area contributed by atoms with Crippen molar-refractivity contribution in [1.82, 2.24) is 11.3 Å². The molecule has 0 unspecified atom stereocenters. The van der Waals surface area contributed by atoms with Gasteiger partial charge in [0.25, 0.3) is 0 Å². The van der Waals surface area contributed by atoms with Crippen molar-refractivity contribution >= 4 is 5.97 Å². The first-order valence-corrected chi connectivity index (χ1v) is 4.03. The standard InChI is InChI=1S/C8H11NO4.H3N/c1-3-5-6(7(10)12-4-2)8(11)13-9-5;/h11H,3-4H2,1-2H3;1H3. The number of quaternary nitrogens is 1. The molecule has 4 N–H and O–H groups in total. The van der Waals surface area contributed by atoms with Crippen molar-refractivity contribution in [3.8, 4) is 5.95 Å². The number of esters is 1. The van der Waals surface area contributed by atoms with Gasteiger partial charge in [-0.2, -0.15) is 5.16 Å². The fraction of sp³-hybridized carbons (Fsp3) is 0.500. The summed E-state index contributed by atoms with van der Waals surface area (Å²) in [5.41, 5.74) is 0.271. The van der Waals surface area contributed by atoms with E-state index >= 15 is 0 Å². The monoisotopic (exact) mass is 202 g/mol. The molecule has 0 saturated heterocycles. The third-order valence-corrected chi connectivity index (χ3v) is 1.55. The van der Waals surface area contributed by atoms with Crippen molar-refractivity contribution < 1.29 is 19.2 Å². The summed E-state index contributed by atoms with van der Waals surface area (Å²) in [6.45, 7) is 3.67. The molecule has 14 heavy (non-hydrogen) atoms. The Balaban J connectivity index is 0.00000169. The molecule has 80 valence electrons. The van der Waals surface area contributed by atoms with Crippen molar-refractivity contribution in [3.63, 3.8) is 0 Å². The van der Waals surface area contributed by atoms with Crippen molar-refractivity contribution in [3.05, 3.63) is 11.3 Å². The predicted octanol–water partition coefficient (Wildman–Crippen LogP) is 0.863. The molecule has 0 atom stereocenters. The molecule has 1 aromatic rings. The second-order valence-electron chi connectivity index (χ2n) is 2.37. The first kappa shape index (κ1) is 12.4. The summed E-state index contributed by atoms with van der Waals surface area (Å²) in [5.74, 6) is -1.39. The Kier molecular flexibility index (Phi) is 4.65. The van der Waals surface area contributed by atoms with Crippen LogP contribution < -0.4 is 11.3 Å². The molecule has 0 aliphatic rings. The fourth-order valence-electron chi connectivity index (χ4n) is 0.951. The van der Waals surface area contributed by atoms with E-state index in [0.29, 0.717) is 12.1 Å². The lowest BCUT2D eigenvalue weighted by Gasteiger charge is -2.02. The average Bonchev–Trinajstić information content (AvgIpc) is 2.47. The number of ether oxygens (including phenoxy) is 1. The Labute approximate surface area is 81.4 Å².